The molecule has 0 spiro atoms. The first-order valence-electron chi connectivity index (χ1n) is 10.2. The Labute approximate surface area is 185 Å². The van der Waals surface area contributed by atoms with Crippen molar-refractivity contribution >= 4 is 35.3 Å². The monoisotopic (exact) mass is 452 g/mol. The molecule has 12 heteroatoms. The van der Waals surface area contributed by atoms with E-state index in [1.165, 1.54) is 9.80 Å². The smallest absolute Gasteiger partial charge is 0.331 e. The summed E-state index contributed by atoms with van der Waals surface area (Å²) < 4.78 is 9.33. The van der Waals surface area contributed by atoms with Crippen molar-refractivity contribution in [3.05, 3.63) is 12.2 Å². The summed E-state index contributed by atoms with van der Waals surface area (Å²) in [5, 5.41) is 0. The number of amides is 2. The molecule has 0 aromatic rings. The molecule has 0 atom stereocenters. The second-order valence-corrected chi connectivity index (χ2v) is 7.59. The highest BCUT2D eigenvalue weighted by Crippen LogP contribution is 2.02. The summed E-state index contributed by atoms with van der Waals surface area (Å²) in [5.74, 6) is -5.24. The van der Waals surface area contributed by atoms with E-state index in [9.17, 15) is 28.8 Å². The number of rotatable bonds is 8. The summed E-state index contributed by atoms with van der Waals surface area (Å²) in [6.07, 6.45) is 1.42. The average molecular weight is 452 g/mol. The molecule has 12 nitrogen and oxygen atoms in total. The van der Waals surface area contributed by atoms with E-state index in [0.29, 0.717) is 64.5 Å². The van der Waals surface area contributed by atoms with Gasteiger partial charge < -0.3 is 29.1 Å². The normalized spacial score (nSPS) is 17.8. The number of Topliss-reactive ketones (excluding diaryl/α,β-unsaturated/α-hetero) is 2. The maximum Gasteiger partial charge on any atom is 0.331 e. The number of likely N-dealkylation sites (N-methyl/N-ethyl adjacent to an activating group) is 2. The van der Waals surface area contributed by atoms with Gasteiger partial charge in [-0.2, -0.15) is 0 Å². The van der Waals surface area contributed by atoms with E-state index in [4.69, 9.17) is 0 Å². The van der Waals surface area contributed by atoms with Gasteiger partial charge >= 0.3 is 11.9 Å². The fourth-order valence-electron chi connectivity index (χ4n) is 3.00. The molecule has 0 unspecified atom stereocenters. The van der Waals surface area contributed by atoms with Crippen LogP contribution >= 0.6 is 0 Å². The molecule has 0 aliphatic carbocycles. The molecule has 2 aliphatic rings. The molecule has 2 fully saturated rings. The van der Waals surface area contributed by atoms with Gasteiger partial charge in [0, 0.05) is 64.5 Å². The predicted molar refractivity (Wildman–Crippen MR) is 109 cm³/mol. The van der Waals surface area contributed by atoms with E-state index in [0.717, 1.165) is 0 Å². The lowest BCUT2D eigenvalue weighted by Crippen LogP contribution is -2.49. The van der Waals surface area contributed by atoms with E-state index >= 15 is 0 Å². The van der Waals surface area contributed by atoms with Crippen molar-refractivity contribution in [3.63, 3.8) is 0 Å². The molecular formula is C20H28N4O8. The Hall–Kier alpha value is -3.12. The van der Waals surface area contributed by atoms with Crippen LogP contribution in [0.15, 0.2) is 12.2 Å². The van der Waals surface area contributed by atoms with Crippen LogP contribution in [0.5, 0.6) is 0 Å². The van der Waals surface area contributed by atoms with E-state index < -0.39 is 48.5 Å². The number of ketones is 2. The summed E-state index contributed by atoms with van der Waals surface area (Å²) in [6, 6.07) is 0. The molecule has 2 rings (SSSR count). The molecule has 0 N–H and O–H groups in total. The van der Waals surface area contributed by atoms with Crippen LogP contribution in [0, 0.1) is 0 Å². The van der Waals surface area contributed by atoms with Crippen LogP contribution in [0.25, 0.3) is 0 Å². The van der Waals surface area contributed by atoms with Crippen LogP contribution in [0.3, 0.4) is 0 Å². The molecule has 0 saturated carbocycles. The molecular weight excluding hydrogens is 424 g/mol. The third-order valence-electron chi connectivity index (χ3n) is 5.10. The van der Waals surface area contributed by atoms with Crippen molar-refractivity contribution in [3.8, 4) is 0 Å². The van der Waals surface area contributed by atoms with E-state index in [1.54, 1.807) is 0 Å². The Morgan fingerprint density at radius 2 is 0.906 bits per heavy atom. The maximum absolute atomic E-state index is 12.0. The Morgan fingerprint density at radius 3 is 1.22 bits per heavy atom. The van der Waals surface area contributed by atoms with E-state index in [-0.39, 0.29) is 0 Å². The molecule has 2 heterocycles. The van der Waals surface area contributed by atoms with Crippen LogP contribution in [-0.2, 0) is 38.2 Å². The van der Waals surface area contributed by atoms with Gasteiger partial charge in [0.05, 0.1) is 0 Å². The summed E-state index contributed by atoms with van der Waals surface area (Å²) in [6.45, 7) is 2.74. The number of carbonyl (C=O) groups is 6. The molecule has 2 aliphatic heterocycles. The average Bonchev–Trinajstić information content (AvgIpc) is 2.79. The fraction of sp³-hybridized carbons (Fsp3) is 0.600. The summed E-state index contributed by atoms with van der Waals surface area (Å²) in [5.41, 5.74) is 0. The third-order valence-corrected chi connectivity index (χ3v) is 5.10. The van der Waals surface area contributed by atoms with Crippen molar-refractivity contribution in [2.75, 3.05) is 79.7 Å². The zero-order valence-electron chi connectivity index (χ0n) is 18.3. The van der Waals surface area contributed by atoms with Crippen LogP contribution in [0.2, 0.25) is 0 Å². The Bertz CT molecular complexity index is 716. The van der Waals surface area contributed by atoms with Crippen molar-refractivity contribution in [2.24, 2.45) is 0 Å². The van der Waals surface area contributed by atoms with Gasteiger partial charge in [-0.05, 0) is 14.1 Å². The number of carbonyl (C=O) groups excluding carboxylic acids is 6. The Morgan fingerprint density at radius 1 is 0.594 bits per heavy atom. The van der Waals surface area contributed by atoms with Crippen molar-refractivity contribution in [1.82, 2.24) is 19.6 Å². The molecule has 0 radical (unpaired) electrons. The van der Waals surface area contributed by atoms with Crippen LogP contribution in [0.4, 0.5) is 0 Å². The van der Waals surface area contributed by atoms with Gasteiger partial charge in [-0.3, -0.25) is 19.2 Å². The van der Waals surface area contributed by atoms with Gasteiger partial charge in [-0.1, -0.05) is 0 Å². The molecule has 0 bridgehead atoms. The molecule has 176 valence electrons. The van der Waals surface area contributed by atoms with Crippen LogP contribution < -0.4 is 0 Å². The van der Waals surface area contributed by atoms with Crippen molar-refractivity contribution in [2.45, 2.75) is 0 Å². The van der Waals surface area contributed by atoms with Gasteiger partial charge in [0.2, 0.25) is 0 Å². The first-order valence-corrected chi connectivity index (χ1v) is 10.2. The maximum atomic E-state index is 12.0. The standard InChI is InChI=1S/C20H28N4O8/c1-21-5-9-23(10-6-21)19(29)15(25)13-31-17(27)3-4-18(28)32-14-16(26)20(30)24-11-7-22(2)8-12-24/h3-4H,5-14H2,1-2H3/b4-3+. The second kappa shape index (κ2) is 12.1. The number of ether oxygens (including phenoxy) is 2. The van der Waals surface area contributed by atoms with Gasteiger partial charge in [0.15, 0.2) is 13.2 Å². The topological polar surface area (TPSA) is 134 Å². The van der Waals surface area contributed by atoms with Crippen LogP contribution in [-0.4, -0.2) is 135 Å². The highest BCUT2D eigenvalue weighted by molar-refractivity contribution is 6.37. The van der Waals surface area contributed by atoms with E-state index in [1.807, 2.05) is 23.9 Å². The Balaban J connectivity index is 1.66. The third kappa shape index (κ3) is 7.85. The molecule has 2 amide bonds. The highest BCUT2D eigenvalue weighted by Gasteiger charge is 2.26. The fourth-order valence-corrected chi connectivity index (χ4v) is 3.00. The molecule has 0 aromatic heterocycles. The summed E-state index contributed by atoms with van der Waals surface area (Å²) >= 11 is 0. The van der Waals surface area contributed by atoms with Crippen LogP contribution in [0.1, 0.15) is 0 Å². The first-order chi connectivity index (χ1) is 15.2. The SMILES string of the molecule is CN1CCN(C(=O)C(=O)COC(=O)/C=C/C(=O)OCC(=O)C(=O)N2CCN(C)CC2)CC1. The molecule has 2 saturated heterocycles. The van der Waals surface area contributed by atoms with Gasteiger partial charge in [-0.15, -0.1) is 0 Å². The van der Waals surface area contributed by atoms with Gasteiger partial charge in [-0.25, -0.2) is 9.59 Å². The lowest BCUT2D eigenvalue weighted by Gasteiger charge is -2.31. The second-order valence-electron chi connectivity index (χ2n) is 7.59. The minimum absolute atomic E-state index is 0.413. The van der Waals surface area contributed by atoms with Crippen molar-refractivity contribution < 1.29 is 38.2 Å². The first kappa shape index (κ1) is 25.1. The Kier molecular flexibility index (Phi) is 9.47. The van der Waals surface area contributed by atoms with Crippen molar-refractivity contribution in [1.29, 1.82) is 0 Å². The minimum Gasteiger partial charge on any atom is -0.454 e. The number of hydrogen-bond acceptors (Lipinski definition) is 10. The number of nitrogens with zero attached hydrogens (tertiary/aromatic N) is 4. The number of esters is 2. The van der Waals surface area contributed by atoms with Gasteiger partial charge in [0.1, 0.15) is 0 Å². The predicted octanol–water partition coefficient (Wildman–Crippen LogP) is -2.68. The number of hydrogen-bond donors (Lipinski definition) is 0. The summed E-state index contributed by atoms with van der Waals surface area (Å²) in [4.78, 5) is 77.9. The number of piperazine rings is 2. The zero-order valence-corrected chi connectivity index (χ0v) is 18.3. The highest BCUT2D eigenvalue weighted by atomic mass is 16.5. The minimum atomic E-state index is -1.03. The lowest BCUT2D eigenvalue weighted by molar-refractivity contribution is -0.152. The molecule has 32 heavy (non-hydrogen) atoms. The molecule has 0 aromatic carbocycles. The lowest BCUT2D eigenvalue weighted by atomic mass is 10.3. The van der Waals surface area contributed by atoms with Gasteiger partial charge in [0.25, 0.3) is 23.4 Å². The quantitative estimate of drug-likeness (QED) is 0.218. The van der Waals surface area contributed by atoms with E-state index in [2.05, 4.69) is 9.47 Å². The zero-order chi connectivity index (χ0) is 23.7. The largest absolute Gasteiger partial charge is 0.454 e. The summed E-state index contributed by atoms with van der Waals surface area (Å²) in [7, 11) is 3.81.